The minimum atomic E-state index is 0.435. The minimum absolute atomic E-state index is 0.435. The lowest BCUT2D eigenvalue weighted by atomic mass is 9.85. The van der Waals surface area contributed by atoms with Crippen LogP contribution < -0.4 is 5.73 Å². The van der Waals surface area contributed by atoms with Gasteiger partial charge in [0.05, 0.1) is 6.61 Å². The number of rotatable bonds is 3. The Kier molecular flexibility index (Phi) is 4.00. The third-order valence-electron chi connectivity index (χ3n) is 3.97. The van der Waals surface area contributed by atoms with Crippen molar-refractivity contribution < 1.29 is 4.74 Å². The molecular formula is C12H24N2O. The summed E-state index contributed by atoms with van der Waals surface area (Å²) in [6.45, 7) is 6.20. The second kappa shape index (κ2) is 5.28. The predicted molar refractivity (Wildman–Crippen MR) is 61.8 cm³/mol. The van der Waals surface area contributed by atoms with Crippen molar-refractivity contribution in [3.05, 3.63) is 0 Å². The average Bonchev–Trinajstić information content (AvgIpc) is 2.57. The Hall–Kier alpha value is -0.120. The molecule has 0 aromatic carbocycles. The van der Waals surface area contributed by atoms with Crippen LogP contribution in [0.5, 0.6) is 0 Å². The first-order valence-electron chi connectivity index (χ1n) is 6.35. The van der Waals surface area contributed by atoms with Crippen LogP contribution in [0, 0.1) is 5.41 Å². The van der Waals surface area contributed by atoms with Crippen LogP contribution in [0.3, 0.4) is 0 Å². The quantitative estimate of drug-likeness (QED) is 0.764. The molecule has 1 aliphatic carbocycles. The number of ether oxygens (including phenoxy) is 1. The van der Waals surface area contributed by atoms with E-state index in [1.807, 2.05) is 0 Å². The van der Waals surface area contributed by atoms with Crippen LogP contribution in [-0.2, 0) is 4.74 Å². The molecule has 0 aromatic heterocycles. The highest BCUT2D eigenvalue weighted by Crippen LogP contribution is 2.37. The summed E-state index contributed by atoms with van der Waals surface area (Å²) in [6.07, 6.45) is 6.60. The van der Waals surface area contributed by atoms with Crippen LogP contribution in [-0.4, -0.2) is 44.3 Å². The number of nitrogens with two attached hydrogens (primary N) is 1. The van der Waals surface area contributed by atoms with Crippen LogP contribution in [0.4, 0.5) is 0 Å². The zero-order valence-corrected chi connectivity index (χ0v) is 9.71. The van der Waals surface area contributed by atoms with Crippen LogP contribution >= 0.6 is 0 Å². The fraction of sp³-hybridized carbons (Fsp3) is 1.00. The average molecular weight is 212 g/mol. The van der Waals surface area contributed by atoms with E-state index in [0.717, 1.165) is 26.3 Å². The lowest BCUT2D eigenvalue weighted by Crippen LogP contribution is -2.41. The summed E-state index contributed by atoms with van der Waals surface area (Å²) >= 11 is 0. The zero-order chi connectivity index (χ0) is 10.6. The maximum atomic E-state index is 5.97. The van der Waals surface area contributed by atoms with Gasteiger partial charge in [-0.05, 0) is 31.2 Å². The Balaban J connectivity index is 1.87. The van der Waals surface area contributed by atoms with E-state index in [0.29, 0.717) is 5.41 Å². The molecule has 3 nitrogen and oxygen atoms in total. The van der Waals surface area contributed by atoms with E-state index >= 15 is 0 Å². The fourth-order valence-corrected chi connectivity index (χ4v) is 2.98. The third-order valence-corrected chi connectivity index (χ3v) is 3.97. The number of nitrogens with zero attached hydrogens (tertiary/aromatic N) is 1. The lowest BCUT2D eigenvalue weighted by molar-refractivity contribution is 0.125. The van der Waals surface area contributed by atoms with E-state index in [4.69, 9.17) is 10.5 Å². The fourth-order valence-electron chi connectivity index (χ4n) is 2.98. The smallest absolute Gasteiger partial charge is 0.0593 e. The Morgan fingerprint density at radius 2 is 1.87 bits per heavy atom. The molecule has 1 saturated carbocycles. The van der Waals surface area contributed by atoms with E-state index < -0.39 is 0 Å². The normalized spacial score (nSPS) is 27.8. The highest BCUT2D eigenvalue weighted by atomic mass is 16.5. The minimum Gasteiger partial charge on any atom is -0.380 e. The van der Waals surface area contributed by atoms with Gasteiger partial charge in [0.15, 0.2) is 0 Å². The maximum Gasteiger partial charge on any atom is 0.0593 e. The van der Waals surface area contributed by atoms with E-state index in [1.165, 1.54) is 45.2 Å². The Labute approximate surface area is 93.0 Å². The van der Waals surface area contributed by atoms with Crippen molar-refractivity contribution in [2.75, 3.05) is 39.4 Å². The van der Waals surface area contributed by atoms with Gasteiger partial charge in [0.2, 0.25) is 0 Å². The summed E-state index contributed by atoms with van der Waals surface area (Å²) in [7, 11) is 0. The summed E-state index contributed by atoms with van der Waals surface area (Å²) in [4.78, 5) is 2.56. The molecule has 0 atom stereocenters. The van der Waals surface area contributed by atoms with Gasteiger partial charge < -0.3 is 15.4 Å². The third kappa shape index (κ3) is 2.92. The molecule has 2 aliphatic rings. The molecule has 1 aliphatic heterocycles. The van der Waals surface area contributed by atoms with Crippen LogP contribution in [0.15, 0.2) is 0 Å². The summed E-state index contributed by atoms with van der Waals surface area (Å²) in [5.41, 5.74) is 6.40. The maximum absolute atomic E-state index is 5.97. The van der Waals surface area contributed by atoms with Gasteiger partial charge in [-0.25, -0.2) is 0 Å². The highest BCUT2D eigenvalue weighted by molar-refractivity contribution is 4.88. The van der Waals surface area contributed by atoms with Gasteiger partial charge in [0, 0.05) is 26.2 Å². The van der Waals surface area contributed by atoms with Crippen molar-refractivity contribution in [3.63, 3.8) is 0 Å². The van der Waals surface area contributed by atoms with Gasteiger partial charge in [-0.3, -0.25) is 0 Å². The van der Waals surface area contributed by atoms with E-state index in [-0.39, 0.29) is 0 Å². The lowest BCUT2D eigenvalue weighted by Gasteiger charge is -2.33. The molecule has 2 N–H and O–H groups in total. The van der Waals surface area contributed by atoms with Gasteiger partial charge in [0.25, 0.3) is 0 Å². The Bertz CT molecular complexity index is 182. The van der Waals surface area contributed by atoms with Crippen molar-refractivity contribution in [1.82, 2.24) is 4.90 Å². The molecule has 0 aromatic rings. The second-order valence-electron chi connectivity index (χ2n) is 5.15. The van der Waals surface area contributed by atoms with Crippen molar-refractivity contribution in [1.29, 1.82) is 0 Å². The molecule has 15 heavy (non-hydrogen) atoms. The SMILES string of the molecule is NCC1(CN2CCCOCC2)CCCC1. The van der Waals surface area contributed by atoms with Gasteiger partial charge in [-0.2, -0.15) is 0 Å². The zero-order valence-electron chi connectivity index (χ0n) is 9.71. The summed E-state index contributed by atoms with van der Waals surface area (Å²) in [5.74, 6) is 0. The first-order valence-corrected chi connectivity index (χ1v) is 6.35. The standard InChI is InChI=1S/C12H24N2O/c13-10-12(4-1-2-5-12)11-14-6-3-8-15-9-7-14/h1-11,13H2. The largest absolute Gasteiger partial charge is 0.380 e. The van der Waals surface area contributed by atoms with Crippen molar-refractivity contribution in [2.45, 2.75) is 32.1 Å². The van der Waals surface area contributed by atoms with Crippen LogP contribution in [0.25, 0.3) is 0 Å². The molecule has 0 bridgehead atoms. The molecule has 0 spiro atoms. The van der Waals surface area contributed by atoms with Crippen LogP contribution in [0.2, 0.25) is 0 Å². The molecule has 2 rings (SSSR count). The molecule has 2 fully saturated rings. The number of hydrogen-bond donors (Lipinski definition) is 1. The molecular weight excluding hydrogens is 188 g/mol. The second-order valence-corrected chi connectivity index (χ2v) is 5.15. The van der Waals surface area contributed by atoms with Crippen molar-refractivity contribution >= 4 is 0 Å². The summed E-state index contributed by atoms with van der Waals surface area (Å²) < 4.78 is 5.48. The van der Waals surface area contributed by atoms with Crippen molar-refractivity contribution in [3.8, 4) is 0 Å². The monoisotopic (exact) mass is 212 g/mol. The molecule has 0 unspecified atom stereocenters. The van der Waals surface area contributed by atoms with Crippen molar-refractivity contribution in [2.24, 2.45) is 11.1 Å². The van der Waals surface area contributed by atoms with E-state index in [2.05, 4.69) is 4.90 Å². The van der Waals surface area contributed by atoms with Gasteiger partial charge in [-0.15, -0.1) is 0 Å². The first-order chi connectivity index (χ1) is 7.35. The Morgan fingerprint density at radius 1 is 1.07 bits per heavy atom. The molecule has 88 valence electrons. The summed E-state index contributed by atoms with van der Waals surface area (Å²) in [6, 6.07) is 0. The summed E-state index contributed by atoms with van der Waals surface area (Å²) in [5, 5.41) is 0. The van der Waals surface area contributed by atoms with Gasteiger partial charge in [0.1, 0.15) is 0 Å². The molecule has 0 amide bonds. The predicted octanol–water partition coefficient (Wildman–Crippen LogP) is 1.23. The molecule has 1 heterocycles. The molecule has 1 saturated heterocycles. The van der Waals surface area contributed by atoms with Gasteiger partial charge >= 0.3 is 0 Å². The van der Waals surface area contributed by atoms with E-state index in [9.17, 15) is 0 Å². The molecule has 0 radical (unpaired) electrons. The number of hydrogen-bond acceptors (Lipinski definition) is 3. The Morgan fingerprint density at radius 3 is 2.60 bits per heavy atom. The molecule has 3 heteroatoms. The topological polar surface area (TPSA) is 38.5 Å². The van der Waals surface area contributed by atoms with Crippen LogP contribution in [0.1, 0.15) is 32.1 Å². The highest BCUT2D eigenvalue weighted by Gasteiger charge is 2.34. The van der Waals surface area contributed by atoms with Gasteiger partial charge in [-0.1, -0.05) is 12.8 Å². The van der Waals surface area contributed by atoms with E-state index in [1.54, 1.807) is 0 Å². The first kappa shape index (κ1) is 11.4.